The molecule has 0 aliphatic rings. The van der Waals surface area contributed by atoms with Gasteiger partial charge in [-0.25, -0.2) is 8.42 Å². The van der Waals surface area contributed by atoms with Crippen LogP contribution in [0, 0.1) is 0 Å². The summed E-state index contributed by atoms with van der Waals surface area (Å²) in [5.41, 5.74) is 0.406. The van der Waals surface area contributed by atoms with E-state index < -0.39 is 15.9 Å². The number of anilines is 2. The van der Waals surface area contributed by atoms with E-state index in [-0.39, 0.29) is 21.4 Å². The van der Waals surface area contributed by atoms with E-state index in [1.165, 1.54) is 17.4 Å². The van der Waals surface area contributed by atoms with Crippen molar-refractivity contribution in [2.75, 3.05) is 10.0 Å². The first-order chi connectivity index (χ1) is 14.3. The summed E-state index contributed by atoms with van der Waals surface area (Å²) in [6, 6.07) is 14.0. The number of nitrogens with zero attached hydrogens (tertiary/aromatic N) is 2. The standard InChI is InChI=1S/C20H18N4O3S3/c1-12(2)19-22-23-20(29-19)21-18(25)15-10-13-6-3-4-7-14(13)11-16(15)24-30(26,27)17-8-5-9-28-17/h3-12,24H,1-2H3,(H,21,23,25). The first-order valence-corrected chi connectivity index (χ1v) is 12.3. The molecule has 0 radical (unpaired) electrons. The molecule has 30 heavy (non-hydrogen) atoms. The number of hydrogen-bond donors (Lipinski definition) is 2. The largest absolute Gasteiger partial charge is 0.296 e. The SMILES string of the molecule is CC(C)c1nnc(NC(=O)c2cc3ccccc3cc2NS(=O)(=O)c2cccs2)s1. The van der Waals surface area contributed by atoms with Gasteiger partial charge < -0.3 is 0 Å². The molecule has 2 heterocycles. The van der Waals surface area contributed by atoms with Gasteiger partial charge in [0, 0.05) is 5.92 Å². The van der Waals surface area contributed by atoms with E-state index in [2.05, 4.69) is 20.2 Å². The highest BCUT2D eigenvalue weighted by Crippen LogP contribution is 2.29. The average Bonchev–Trinajstić information content (AvgIpc) is 3.39. The summed E-state index contributed by atoms with van der Waals surface area (Å²) < 4.78 is 28.2. The third-order valence-electron chi connectivity index (χ3n) is 4.29. The minimum Gasteiger partial charge on any atom is -0.296 e. The lowest BCUT2D eigenvalue weighted by molar-refractivity contribution is 0.102. The van der Waals surface area contributed by atoms with Crippen molar-refractivity contribution >= 4 is 60.2 Å². The van der Waals surface area contributed by atoms with Crippen LogP contribution in [0.15, 0.2) is 58.1 Å². The van der Waals surface area contributed by atoms with E-state index in [4.69, 9.17) is 0 Å². The molecule has 7 nitrogen and oxygen atoms in total. The maximum absolute atomic E-state index is 13.0. The Labute approximate surface area is 181 Å². The number of amides is 1. The Morgan fingerprint density at radius 2 is 1.77 bits per heavy atom. The summed E-state index contributed by atoms with van der Waals surface area (Å²) in [5, 5.41) is 15.3. The van der Waals surface area contributed by atoms with E-state index in [0.29, 0.717) is 5.13 Å². The highest BCUT2D eigenvalue weighted by atomic mass is 32.2. The monoisotopic (exact) mass is 458 g/mol. The van der Waals surface area contributed by atoms with Gasteiger partial charge in [0.2, 0.25) is 5.13 Å². The molecule has 1 amide bonds. The molecule has 4 aromatic rings. The lowest BCUT2D eigenvalue weighted by Gasteiger charge is -2.13. The molecule has 2 aromatic heterocycles. The molecule has 0 bridgehead atoms. The van der Waals surface area contributed by atoms with Crippen LogP contribution in [0.1, 0.15) is 35.1 Å². The van der Waals surface area contributed by atoms with Gasteiger partial charge in [0.1, 0.15) is 9.22 Å². The van der Waals surface area contributed by atoms with Gasteiger partial charge >= 0.3 is 0 Å². The Morgan fingerprint density at radius 1 is 1.03 bits per heavy atom. The van der Waals surface area contributed by atoms with Crippen molar-refractivity contribution in [3.05, 3.63) is 64.5 Å². The van der Waals surface area contributed by atoms with Gasteiger partial charge in [-0.2, -0.15) is 0 Å². The second kappa shape index (κ2) is 8.13. The van der Waals surface area contributed by atoms with Crippen molar-refractivity contribution < 1.29 is 13.2 Å². The molecule has 154 valence electrons. The van der Waals surface area contributed by atoms with Crippen molar-refractivity contribution in [2.45, 2.75) is 24.0 Å². The van der Waals surface area contributed by atoms with Crippen LogP contribution in [0.3, 0.4) is 0 Å². The lowest BCUT2D eigenvalue weighted by Crippen LogP contribution is -2.18. The van der Waals surface area contributed by atoms with E-state index in [1.807, 2.05) is 38.1 Å². The summed E-state index contributed by atoms with van der Waals surface area (Å²) in [6.07, 6.45) is 0. The topological polar surface area (TPSA) is 101 Å². The number of rotatable bonds is 6. The molecular weight excluding hydrogens is 440 g/mol. The van der Waals surface area contributed by atoms with Crippen LogP contribution in [0.25, 0.3) is 10.8 Å². The molecule has 2 aromatic carbocycles. The molecular formula is C20H18N4O3S3. The molecule has 0 fully saturated rings. The molecule has 0 aliphatic carbocycles. The number of fused-ring (bicyclic) bond motifs is 1. The molecule has 0 aliphatic heterocycles. The zero-order valence-corrected chi connectivity index (χ0v) is 18.6. The van der Waals surface area contributed by atoms with Crippen molar-refractivity contribution in [1.82, 2.24) is 10.2 Å². The van der Waals surface area contributed by atoms with Crippen LogP contribution in [0.5, 0.6) is 0 Å². The van der Waals surface area contributed by atoms with Crippen LogP contribution in [0.2, 0.25) is 0 Å². The van der Waals surface area contributed by atoms with Crippen LogP contribution in [-0.2, 0) is 10.0 Å². The van der Waals surface area contributed by atoms with Gasteiger partial charge in [-0.15, -0.1) is 21.5 Å². The molecule has 0 spiro atoms. The quantitative estimate of drug-likeness (QED) is 0.427. The first kappa shape index (κ1) is 20.5. The number of benzene rings is 2. The lowest BCUT2D eigenvalue weighted by atomic mass is 10.0. The average molecular weight is 459 g/mol. The van der Waals surface area contributed by atoms with Crippen molar-refractivity contribution in [1.29, 1.82) is 0 Å². The number of hydrogen-bond acceptors (Lipinski definition) is 7. The second-order valence-corrected chi connectivity index (χ2v) is 10.7. The smallest absolute Gasteiger partial charge is 0.271 e. The summed E-state index contributed by atoms with van der Waals surface area (Å²) in [5.74, 6) is -0.266. The van der Waals surface area contributed by atoms with Crippen molar-refractivity contribution in [3.63, 3.8) is 0 Å². The molecule has 0 unspecified atom stereocenters. The molecule has 2 N–H and O–H groups in total. The number of carbonyl (C=O) groups excluding carboxylic acids is 1. The van der Waals surface area contributed by atoms with Gasteiger partial charge in [0.15, 0.2) is 0 Å². The third kappa shape index (κ3) is 4.20. The van der Waals surface area contributed by atoms with Gasteiger partial charge in [-0.05, 0) is 34.4 Å². The number of sulfonamides is 1. The summed E-state index contributed by atoms with van der Waals surface area (Å²) >= 11 is 2.40. The number of thiophene rings is 1. The Balaban J connectivity index is 1.73. The van der Waals surface area contributed by atoms with E-state index >= 15 is 0 Å². The maximum atomic E-state index is 13.0. The summed E-state index contributed by atoms with van der Waals surface area (Å²) in [7, 11) is -3.81. The third-order valence-corrected chi connectivity index (χ3v) is 8.19. The number of aromatic nitrogens is 2. The fourth-order valence-corrected chi connectivity index (χ4v) is 5.61. The molecule has 4 rings (SSSR count). The van der Waals surface area contributed by atoms with E-state index in [0.717, 1.165) is 27.1 Å². The number of nitrogens with one attached hydrogen (secondary N) is 2. The van der Waals surface area contributed by atoms with E-state index in [1.54, 1.807) is 23.6 Å². The van der Waals surface area contributed by atoms with Gasteiger partial charge in [0.05, 0.1) is 11.3 Å². The minimum absolute atomic E-state index is 0.174. The molecule has 0 saturated heterocycles. The second-order valence-electron chi connectivity index (χ2n) is 6.84. The Hall–Kier alpha value is -2.82. The first-order valence-electron chi connectivity index (χ1n) is 9.07. The van der Waals surface area contributed by atoms with Gasteiger partial charge in [-0.1, -0.05) is 55.5 Å². The van der Waals surface area contributed by atoms with Gasteiger partial charge in [-0.3, -0.25) is 14.8 Å². The normalized spacial score (nSPS) is 11.7. The predicted octanol–water partition coefficient (Wildman–Crippen LogP) is 4.93. The molecule has 10 heteroatoms. The fraction of sp³-hybridized carbons (Fsp3) is 0.150. The Bertz CT molecular complexity index is 1310. The Morgan fingerprint density at radius 3 is 2.40 bits per heavy atom. The number of carbonyl (C=O) groups is 1. The summed E-state index contributed by atoms with van der Waals surface area (Å²) in [4.78, 5) is 13.0. The van der Waals surface area contributed by atoms with Crippen LogP contribution < -0.4 is 10.0 Å². The van der Waals surface area contributed by atoms with E-state index in [9.17, 15) is 13.2 Å². The summed E-state index contributed by atoms with van der Waals surface area (Å²) in [6.45, 7) is 3.99. The molecule has 0 saturated carbocycles. The van der Waals surface area contributed by atoms with Crippen molar-refractivity contribution in [2.24, 2.45) is 0 Å². The Kier molecular flexibility index (Phi) is 5.54. The zero-order chi connectivity index (χ0) is 21.3. The van der Waals surface area contributed by atoms with Crippen LogP contribution >= 0.6 is 22.7 Å². The zero-order valence-electron chi connectivity index (χ0n) is 16.1. The fourth-order valence-electron chi connectivity index (χ4n) is 2.81. The predicted molar refractivity (Wildman–Crippen MR) is 121 cm³/mol. The van der Waals surface area contributed by atoms with Crippen molar-refractivity contribution in [3.8, 4) is 0 Å². The van der Waals surface area contributed by atoms with Gasteiger partial charge in [0.25, 0.3) is 15.9 Å². The van der Waals surface area contributed by atoms with Crippen LogP contribution in [0.4, 0.5) is 10.8 Å². The molecule has 0 atom stereocenters. The minimum atomic E-state index is -3.81. The highest BCUT2D eigenvalue weighted by Gasteiger charge is 2.21. The highest BCUT2D eigenvalue weighted by molar-refractivity contribution is 7.94. The van der Waals surface area contributed by atoms with Crippen LogP contribution in [-0.4, -0.2) is 24.5 Å². The maximum Gasteiger partial charge on any atom is 0.271 e.